The van der Waals surface area contributed by atoms with E-state index >= 15 is 0 Å². The molecular formula is C22H19N3O3. The van der Waals surface area contributed by atoms with E-state index in [1.165, 1.54) is 12.3 Å². The van der Waals surface area contributed by atoms with Crippen LogP contribution in [0.15, 0.2) is 48.7 Å². The summed E-state index contributed by atoms with van der Waals surface area (Å²) in [6.45, 7) is 3.52. The molecule has 2 amide bonds. The molecule has 0 saturated heterocycles. The van der Waals surface area contributed by atoms with Gasteiger partial charge in [-0.2, -0.15) is 5.26 Å². The first-order valence-electron chi connectivity index (χ1n) is 9.15. The number of benzene rings is 1. The first-order chi connectivity index (χ1) is 13.4. The average Bonchev–Trinajstić information content (AvgIpc) is 3.52. The summed E-state index contributed by atoms with van der Waals surface area (Å²) >= 11 is 0. The molecule has 2 aromatic rings. The van der Waals surface area contributed by atoms with Crippen molar-refractivity contribution in [1.29, 1.82) is 5.26 Å². The van der Waals surface area contributed by atoms with Crippen molar-refractivity contribution in [3.8, 4) is 17.7 Å². The Morgan fingerprint density at radius 3 is 2.64 bits per heavy atom. The molecule has 0 N–H and O–H groups in total. The summed E-state index contributed by atoms with van der Waals surface area (Å²) in [4.78, 5) is 30.1. The van der Waals surface area contributed by atoms with Gasteiger partial charge in [-0.15, -0.1) is 0 Å². The molecule has 4 rings (SSSR count). The van der Waals surface area contributed by atoms with Crippen molar-refractivity contribution in [2.24, 2.45) is 5.41 Å². The fraction of sp³-hybridized carbons (Fsp3) is 0.273. The zero-order valence-electron chi connectivity index (χ0n) is 15.7. The number of hydrogen-bond acceptors (Lipinski definition) is 5. The summed E-state index contributed by atoms with van der Waals surface area (Å²) in [7, 11) is 0. The number of rotatable bonds is 4. The number of nitrogens with zero attached hydrogens (tertiary/aromatic N) is 3. The van der Waals surface area contributed by atoms with Gasteiger partial charge in [-0.05, 0) is 62.4 Å². The minimum atomic E-state index is -0.745. The summed E-state index contributed by atoms with van der Waals surface area (Å²) in [6.07, 6.45) is 6.65. The van der Waals surface area contributed by atoms with Crippen LogP contribution in [0.25, 0.3) is 0 Å². The second-order valence-corrected chi connectivity index (χ2v) is 7.63. The summed E-state index contributed by atoms with van der Waals surface area (Å²) < 4.78 is 5.81. The van der Waals surface area contributed by atoms with Gasteiger partial charge in [0.15, 0.2) is 0 Å². The quantitative estimate of drug-likeness (QED) is 0.754. The predicted molar refractivity (Wildman–Crippen MR) is 103 cm³/mol. The lowest BCUT2D eigenvalue weighted by atomic mass is 9.88. The molecule has 1 saturated carbocycles. The van der Waals surface area contributed by atoms with Crippen LogP contribution >= 0.6 is 0 Å². The van der Waals surface area contributed by atoms with Gasteiger partial charge in [0.2, 0.25) is 11.8 Å². The molecule has 0 unspecified atom stereocenters. The van der Waals surface area contributed by atoms with Crippen LogP contribution in [-0.4, -0.2) is 16.8 Å². The Labute approximate surface area is 163 Å². The van der Waals surface area contributed by atoms with Crippen molar-refractivity contribution >= 4 is 17.5 Å². The van der Waals surface area contributed by atoms with E-state index in [1.54, 1.807) is 44.2 Å². The van der Waals surface area contributed by atoms with Gasteiger partial charge in [0, 0.05) is 12.1 Å². The minimum absolute atomic E-state index is 0.295. The molecule has 0 bridgehead atoms. The Morgan fingerprint density at radius 1 is 1.21 bits per heavy atom. The highest BCUT2D eigenvalue weighted by molar-refractivity contribution is 6.22. The third-order valence-electron chi connectivity index (χ3n) is 4.98. The van der Waals surface area contributed by atoms with E-state index in [4.69, 9.17) is 4.74 Å². The van der Waals surface area contributed by atoms with Gasteiger partial charge in [0.1, 0.15) is 5.75 Å². The normalized spacial score (nSPS) is 18.1. The van der Waals surface area contributed by atoms with Crippen molar-refractivity contribution < 1.29 is 14.3 Å². The molecule has 6 nitrogen and oxygen atoms in total. The second-order valence-electron chi connectivity index (χ2n) is 7.63. The molecule has 1 aromatic heterocycles. The van der Waals surface area contributed by atoms with Crippen LogP contribution in [0.5, 0.6) is 11.6 Å². The third kappa shape index (κ3) is 3.27. The minimum Gasteiger partial charge on any atom is -0.439 e. The maximum atomic E-state index is 12.6. The van der Waals surface area contributed by atoms with E-state index in [0.717, 1.165) is 23.3 Å². The zero-order valence-corrected chi connectivity index (χ0v) is 15.7. The van der Waals surface area contributed by atoms with Gasteiger partial charge >= 0.3 is 0 Å². The topological polar surface area (TPSA) is 83.3 Å². The highest BCUT2D eigenvalue weighted by Gasteiger charge is 2.37. The number of pyridine rings is 1. The van der Waals surface area contributed by atoms with Crippen molar-refractivity contribution in [2.45, 2.75) is 32.6 Å². The molecular weight excluding hydrogens is 354 g/mol. The number of imide groups is 1. The maximum absolute atomic E-state index is 12.6. The Morgan fingerprint density at radius 2 is 2.00 bits per heavy atom. The molecule has 28 heavy (non-hydrogen) atoms. The molecule has 0 spiro atoms. The van der Waals surface area contributed by atoms with Crippen LogP contribution in [0.2, 0.25) is 0 Å². The van der Waals surface area contributed by atoms with E-state index in [1.807, 2.05) is 6.07 Å². The highest BCUT2D eigenvalue weighted by atomic mass is 16.5. The number of ether oxygens (including phenoxy) is 1. The van der Waals surface area contributed by atoms with Crippen LogP contribution in [0.3, 0.4) is 0 Å². The monoisotopic (exact) mass is 373 g/mol. The third-order valence-corrected chi connectivity index (χ3v) is 4.98. The lowest BCUT2D eigenvalue weighted by molar-refractivity contribution is -0.129. The van der Waals surface area contributed by atoms with E-state index in [0.29, 0.717) is 28.8 Å². The lowest BCUT2D eigenvalue weighted by Gasteiger charge is -2.31. The Balaban J connectivity index is 1.55. The molecule has 140 valence electrons. The number of hydrogen-bond donors (Lipinski definition) is 0. The molecule has 0 atom stereocenters. The molecule has 2 heterocycles. The standard InChI is InChI=1S/C22H19N3O3/c1-22(2)10-9-20(26)25(21(22)27)16-6-8-19(24-13-16)28-17-7-5-15(12-23)18(11-17)14-3-4-14/h5-11,13-14H,3-4H2,1-2H3. The number of anilines is 1. The van der Waals surface area contributed by atoms with Gasteiger partial charge in [-0.3, -0.25) is 9.59 Å². The van der Waals surface area contributed by atoms with Crippen molar-refractivity contribution in [3.63, 3.8) is 0 Å². The van der Waals surface area contributed by atoms with Crippen LogP contribution in [0.1, 0.15) is 43.7 Å². The van der Waals surface area contributed by atoms with Crippen molar-refractivity contribution in [2.75, 3.05) is 4.90 Å². The molecule has 1 aliphatic heterocycles. The van der Waals surface area contributed by atoms with Crippen LogP contribution in [-0.2, 0) is 9.59 Å². The van der Waals surface area contributed by atoms with Gasteiger partial charge in [-0.1, -0.05) is 6.08 Å². The van der Waals surface area contributed by atoms with Crippen molar-refractivity contribution in [1.82, 2.24) is 4.98 Å². The van der Waals surface area contributed by atoms with Gasteiger partial charge < -0.3 is 4.74 Å². The van der Waals surface area contributed by atoms with Crippen LogP contribution < -0.4 is 9.64 Å². The summed E-state index contributed by atoms with van der Waals surface area (Å²) in [5.41, 5.74) is 1.34. The SMILES string of the molecule is CC1(C)C=CC(=O)N(c2ccc(Oc3ccc(C#N)c(C4CC4)c3)nc2)C1=O. The number of carbonyl (C=O) groups excluding carboxylic acids is 2. The van der Waals surface area contributed by atoms with Crippen LogP contribution in [0, 0.1) is 16.7 Å². The first-order valence-corrected chi connectivity index (χ1v) is 9.15. The van der Waals surface area contributed by atoms with Gasteiger partial charge in [-0.25, -0.2) is 9.88 Å². The van der Waals surface area contributed by atoms with Crippen molar-refractivity contribution in [3.05, 3.63) is 59.8 Å². The zero-order chi connectivity index (χ0) is 19.9. The summed E-state index contributed by atoms with van der Waals surface area (Å²) in [5.74, 6) is 0.705. The number of aromatic nitrogens is 1. The van der Waals surface area contributed by atoms with E-state index in [9.17, 15) is 14.9 Å². The Hall–Kier alpha value is -3.46. The van der Waals surface area contributed by atoms with E-state index < -0.39 is 5.41 Å². The Bertz CT molecular complexity index is 1030. The first kappa shape index (κ1) is 17.9. The van der Waals surface area contributed by atoms with E-state index in [2.05, 4.69) is 11.1 Å². The fourth-order valence-corrected chi connectivity index (χ4v) is 3.18. The molecule has 1 aliphatic carbocycles. The number of amides is 2. The fourth-order valence-electron chi connectivity index (χ4n) is 3.18. The molecule has 6 heteroatoms. The van der Waals surface area contributed by atoms with Gasteiger partial charge in [0.25, 0.3) is 5.91 Å². The summed E-state index contributed by atoms with van der Waals surface area (Å²) in [6, 6.07) is 10.9. The smallest absolute Gasteiger partial charge is 0.257 e. The molecule has 2 aliphatic rings. The molecule has 0 radical (unpaired) electrons. The lowest BCUT2D eigenvalue weighted by Crippen LogP contribution is -2.46. The second kappa shape index (κ2) is 6.61. The van der Waals surface area contributed by atoms with Gasteiger partial charge in [0.05, 0.1) is 28.9 Å². The highest BCUT2D eigenvalue weighted by Crippen LogP contribution is 2.43. The van der Waals surface area contributed by atoms with E-state index in [-0.39, 0.29) is 11.8 Å². The predicted octanol–water partition coefficient (Wildman–Crippen LogP) is 4.08. The molecule has 1 fully saturated rings. The maximum Gasteiger partial charge on any atom is 0.257 e. The number of nitriles is 1. The largest absolute Gasteiger partial charge is 0.439 e. The Kier molecular flexibility index (Phi) is 4.23. The van der Waals surface area contributed by atoms with Crippen LogP contribution in [0.4, 0.5) is 5.69 Å². The average molecular weight is 373 g/mol. The summed E-state index contributed by atoms with van der Waals surface area (Å²) in [5, 5.41) is 9.24. The molecule has 1 aromatic carbocycles. The number of carbonyl (C=O) groups is 2.